The van der Waals surface area contributed by atoms with Crippen LogP contribution in [0, 0.1) is 17.3 Å². The van der Waals surface area contributed by atoms with E-state index in [4.69, 9.17) is 0 Å². The van der Waals surface area contributed by atoms with Crippen molar-refractivity contribution in [2.75, 3.05) is 29.9 Å². The number of hydrogen-bond donors (Lipinski definition) is 3. The molecule has 1 aliphatic heterocycles. The second-order valence-corrected chi connectivity index (χ2v) is 15.5. The molecule has 0 radical (unpaired) electrons. The monoisotopic (exact) mass is 723 g/mol. The maximum atomic E-state index is 15.3. The molecule has 0 spiro atoms. The molecule has 4 aliphatic carbocycles. The Morgan fingerprint density at radius 2 is 1.67 bits per heavy atom. The van der Waals surface area contributed by atoms with Crippen LogP contribution in [0.4, 0.5) is 38.1 Å². The van der Waals surface area contributed by atoms with Gasteiger partial charge in [-0.15, -0.1) is 0 Å². The number of nitrogens with zero attached hydrogens (tertiary/aromatic N) is 1. The molecule has 1 heterocycles. The van der Waals surface area contributed by atoms with E-state index in [0.717, 1.165) is 46.6 Å². The summed E-state index contributed by atoms with van der Waals surface area (Å²) in [5.74, 6) is -6.54. The zero-order valence-electron chi connectivity index (χ0n) is 29.4. The number of hydrogen-bond acceptors (Lipinski definition) is 4. The fourth-order valence-electron chi connectivity index (χ4n) is 9.98. The van der Waals surface area contributed by atoms with Gasteiger partial charge in [-0.3, -0.25) is 4.79 Å². The second kappa shape index (κ2) is 13.8. The number of piperidine rings is 1. The van der Waals surface area contributed by atoms with Crippen LogP contribution in [0.2, 0.25) is 0 Å². The van der Waals surface area contributed by atoms with Gasteiger partial charge in [0.15, 0.2) is 5.78 Å². The molecule has 11 heteroatoms. The number of aliphatic hydroxyl groups is 1. The quantitative estimate of drug-likeness (QED) is 0.249. The first-order valence-corrected chi connectivity index (χ1v) is 18.5. The molecule has 2 amide bonds. The minimum absolute atomic E-state index is 0.0417. The highest BCUT2D eigenvalue weighted by Gasteiger charge is 2.79. The standard InChI is InChI=1S/C41H46F5N3O3/c1-38-25-34(36-32-18-16-31(50)24-28(32)11-17-33(36)35(38)19-20-39(38,52)40(42,43)41(44,45)46)27-9-7-26(8-10-27)6-5-21-47-37(51)48-29-12-14-30(15-13-29)49-22-3-2-4-23-49/h5-10,12-15,24,33-35,52H,2-4,11,16-23,25H2,1H3,(H2,47,48,51)/b6-5+/t33?,34-,35?,38?,39?/m1/s1. The molecule has 3 fully saturated rings. The van der Waals surface area contributed by atoms with E-state index in [2.05, 4.69) is 15.5 Å². The molecule has 6 nitrogen and oxygen atoms in total. The molecule has 52 heavy (non-hydrogen) atoms. The van der Waals surface area contributed by atoms with Crippen LogP contribution in [0.3, 0.4) is 0 Å². The van der Waals surface area contributed by atoms with E-state index in [1.54, 1.807) is 12.2 Å². The Kier molecular flexibility index (Phi) is 9.63. The summed E-state index contributed by atoms with van der Waals surface area (Å²) in [6.07, 6.45) is 4.39. The van der Waals surface area contributed by atoms with Crippen LogP contribution < -0.4 is 15.5 Å². The van der Waals surface area contributed by atoms with Crippen molar-refractivity contribution in [3.63, 3.8) is 0 Å². The van der Waals surface area contributed by atoms with Crippen LogP contribution in [-0.2, 0) is 4.79 Å². The molecule has 2 aromatic carbocycles. The Labute approximate surface area is 301 Å². The van der Waals surface area contributed by atoms with Crippen LogP contribution in [0.5, 0.6) is 0 Å². The van der Waals surface area contributed by atoms with Crippen molar-refractivity contribution in [3.8, 4) is 0 Å². The van der Waals surface area contributed by atoms with Crippen LogP contribution in [-0.4, -0.2) is 54.3 Å². The smallest absolute Gasteiger partial charge is 0.383 e. The lowest BCUT2D eigenvalue weighted by Gasteiger charge is -2.56. The molecule has 3 N–H and O–H groups in total. The van der Waals surface area contributed by atoms with Gasteiger partial charge in [0.25, 0.3) is 0 Å². The number of rotatable bonds is 7. The van der Waals surface area contributed by atoms with Crippen molar-refractivity contribution in [1.29, 1.82) is 0 Å². The van der Waals surface area contributed by atoms with E-state index < -0.39 is 41.4 Å². The van der Waals surface area contributed by atoms with E-state index in [1.807, 2.05) is 54.6 Å². The second-order valence-electron chi connectivity index (χ2n) is 15.5. The van der Waals surface area contributed by atoms with Crippen LogP contribution in [0.1, 0.15) is 88.2 Å². The fraction of sp³-hybridized carbons (Fsp3) is 0.512. The van der Waals surface area contributed by atoms with Crippen molar-refractivity contribution in [1.82, 2.24) is 5.32 Å². The van der Waals surface area contributed by atoms with E-state index in [-0.39, 0.29) is 37.1 Å². The third-order valence-corrected chi connectivity index (χ3v) is 12.6. The van der Waals surface area contributed by atoms with Crippen LogP contribution in [0.25, 0.3) is 6.08 Å². The average Bonchev–Trinajstić information content (AvgIpc) is 3.41. The molecule has 278 valence electrons. The first-order valence-electron chi connectivity index (χ1n) is 18.5. The number of allylic oxidation sites excluding steroid dienone is 4. The predicted molar refractivity (Wildman–Crippen MR) is 191 cm³/mol. The molecule has 4 unspecified atom stereocenters. The summed E-state index contributed by atoms with van der Waals surface area (Å²) in [7, 11) is 0. The van der Waals surface area contributed by atoms with Crippen molar-refractivity contribution in [2.24, 2.45) is 17.3 Å². The largest absolute Gasteiger partial charge is 0.456 e. The number of halogens is 5. The van der Waals surface area contributed by atoms with Crippen LogP contribution >= 0.6 is 0 Å². The Hall–Kier alpha value is -3.99. The zero-order chi connectivity index (χ0) is 36.9. The Balaban J connectivity index is 1.07. The van der Waals surface area contributed by atoms with Gasteiger partial charge in [0.1, 0.15) is 5.60 Å². The number of amides is 2. The van der Waals surface area contributed by atoms with Crippen LogP contribution in [0.15, 0.2) is 77.4 Å². The molecule has 5 aliphatic rings. The topological polar surface area (TPSA) is 81.7 Å². The third kappa shape index (κ3) is 6.37. The molecule has 7 rings (SSSR count). The number of nitrogens with one attached hydrogen (secondary N) is 2. The number of carbonyl (C=O) groups is 2. The highest BCUT2D eigenvalue weighted by atomic mass is 19.4. The number of alkyl halides is 5. The van der Waals surface area contributed by atoms with Gasteiger partial charge in [0.2, 0.25) is 0 Å². The molecular formula is C41H46F5N3O3. The van der Waals surface area contributed by atoms with Gasteiger partial charge in [0.05, 0.1) is 0 Å². The molecule has 1 saturated heterocycles. The van der Waals surface area contributed by atoms with Gasteiger partial charge in [-0.1, -0.05) is 48.9 Å². The SMILES string of the molecule is CC12C[C@H](c3ccc(/C=C/CNC(=O)Nc4ccc(N5CCCCC5)cc4)cc3)C3=C4CCC(=O)C=C4CCC3C1CCC2(O)C(F)(F)C(F)(F)F. The zero-order valence-corrected chi connectivity index (χ0v) is 29.4. The maximum Gasteiger partial charge on any atom is 0.456 e. The molecule has 0 aromatic heterocycles. The number of carbonyl (C=O) groups excluding carboxylic acids is 2. The fourth-order valence-corrected chi connectivity index (χ4v) is 9.98. The Bertz CT molecular complexity index is 1780. The number of anilines is 2. The third-order valence-electron chi connectivity index (χ3n) is 12.6. The van der Waals surface area contributed by atoms with Crippen molar-refractivity contribution in [2.45, 2.75) is 94.7 Å². The molecule has 5 atom stereocenters. The summed E-state index contributed by atoms with van der Waals surface area (Å²) in [6.45, 7) is 3.78. The highest BCUT2D eigenvalue weighted by Crippen LogP contribution is 2.70. The highest BCUT2D eigenvalue weighted by molar-refractivity contribution is 5.93. The summed E-state index contributed by atoms with van der Waals surface area (Å²) in [4.78, 5) is 27.2. The van der Waals surface area contributed by atoms with E-state index in [1.165, 1.54) is 26.2 Å². The first kappa shape index (κ1) is 36.4. The molecule has 0 bridgehead atoms. The van der Waals surface area contributed by atoms with Gasteiger partial charge in [-0.2, -0.15) is 22.0 Å². The lowest BCUT2D eigenvalue weighted by molar-refractivity contribution is -0.362. The van der Waals surface area contributed by atoms with Crippen molar-refractivity contribution >= 4 is 29.3 Å². The minimum atomic E-state index is -5.89. The summed E-state index contributed by atoms with van der Waals surface area (Å²) in [5, 5.41) is 17.1. The Morgan fingerprint density at radius 3 is 2.37 bits per heavy atom. The molecule has 2 aromatic rings. The lowest BCUT2D eigenvalue weighted by Crippen LogP contribution is -2.65. The van der Waals surface area contributed by atoms with Crippen molar-refractivity contribution < 1.29 is 36.6 Å². The number of benzene rings is 2. The summed E-state index contributed by atoms with van der Waals surface area (Å²) in [6, 6.07) is 14.9. The molecular weight excluding hydrogens is 677 g/mol. The number of fused-ring (bicyclic) bond motifs is 4. The van der Waals surface area contributed by atoms with Gasteiger partial charge >= 0.3 is 18.1 Å². The average molecular weight is 724 g/mol. The van der Waals surface area contributed by atoms with E-state index in [9.17, 15) is 27.9 Å². The maximum absolute atomic E-state index is 15.3. The lowest BCUT2D eigenvalue weighted by atomic mass is 9.50. The van der Waals surface area contributed by atoms with E-state index >= 15 is 8.78 Å². The van der Waals surface area contributed by atoms with Crippen molar-refractivity contribution in [3.05, 3.63) is 88.5 Å². The molecule has 2 saturated carbocycles. The van der Waals surface area contributed by atoms with Gasteiger partial charge in [0, 0.05) is 48.8 Å². The number of urea groups is 1. The van der Waals surface area contributed by atoms with Gasteiger partial charge in [-0.05, 0) is 122 Å². The predicted octanol–water partition coefficient (Wildman–Crippen LogP) is 9.34. The number of ketones is 1. The summed E-state index contributed by atoms with van der Waals surface area (Å²) < 4.78 is 72.1. The minimum Gasteiger partial charge on any atom is -0.383 e. The first-order chi connectivity index (χ1) is 24.7. The Morgan fingerprint density at radius 1 is 0.962 bits per heavy atom. The van der Waals surface area contributed by atoms with Gasteiger partial charge in [-0.25, -0.2) is 4.79 Å². The van der Waals surface area contributed by atoms with Gasteiger partial charge < -0.3 is 20.6 Å². The normalized spacial score (nSPS) is 29.4. The summed E-state index contributed by atoms with van der Waals surface area (Å²) >= 11 is 0. The summed E-state index contributed by atoms with van der Waals surface area (Å²) in [5.41, 5.74) is 1.50. The van der Waals surface area contributed by atoms with E-state index in [0.29, 0.717) is 31.4 Å².